The van der Waals surface area contributed by atoms with E-state index in [9.17, 15) is 4.79 Å². The number of H-pyrrole nitrogens is 1. The molecule has 0 aliphatic carbocycles. The van der Waals surface area contributed by atoms with Gasteiger partial charge in [-0.3, -0.25) is 0 Å². The first kappa shape index (κ1) is 9.59. The first-order chi connectivity index (χ1) is 8.25. The molecule has 0 aliphatic rings. The molecule has 0 atom stereocenters. The predicted molar refractivity (Wildman–Crippen MR) is 63.9 cm³/mol. The summed E-state index contributed by atoms with van der Waals surface area (Å²) in [5.41, 5.74) is 7.02. The second-order valence-electron chi connectivity index (χ2n) is 3.57. The zero-order valence-corrected chi connectivity index (χ0v) is 8.79. The molecule has 84 valence electrons. The Balaban J connectivity index is 2.42. The van der Waals surface area contributed by atoms with Crippen molar-refractivity contribution in [3.05, 3.63) is 47.0 Å². The Kier molecular flexibility index (Phi) is 1.94. The van der Waals surface area contributed by atoms with Gasteiger partial charge in [-0.25, -0.2) is 9.36 Å². The van der Waals surface area contributed by atoms with E-state index >= 15 is 0 Å². The highest BCUT2D eigenvalue weighted by Crippen LogP contribution is 2.13. The molecule has 2 heterocycles. The minimum absolute atomic E-state index is 0.261. The number of aromatic nitrogens is 4. The Labute approximate surface area is 95.7 Å². The van der Waals surface area contributed by atoms with E-state index in [1.54, 1.807) is 0 Å². The molecule has 0 spiro atoms. The van der Waals surface area contributed by atoms with Crippen molar-refractivity contribution in [1.82, 2.24) is 19.5 Å². The Morgan fingerprint density at radius 2 is 2.00 bits per heavy atom. The third-order valence-electron chi connectivity index (χ3n) is 2.45. The first-order valence-corrected chi connectivity index (χ1v) is 5.04. The lowest BCUT2D eigenvalue weighted by atomic mass is 10.3. The van der Waals surface area contributed by atoms with Crippen LogP contribution in [0.2, 0.25) is 0 Å². The second kappa shape index (κ2) is 3.44. The average Bonchev–Trinajstić information content (AvgIpc) is 2.70. The zero-order chi connectivity index (χ0) is 11.8. The van der Waals surface area contributed by atoms with Crippen molar-refractivity contribution in [2.45, 2.75) is 0 Å². The molecule has 1 aromatic carbocycles. The highest BCUT2D eigenvalue weighted by Gasteiger charge is 2.09. The highest BCUT2D eigenvalue weighted by molar-refractivity contribution is 5.74. The van der Waals surface area contributed by atoms with Gasteiger partial charge >= 0.3 is 5.69 Å². The van der Waals surface area contributed by atoms with Crippen LogP contribution in [0.3, 0.4) is 0 Å². The van der Waals surface area contributed by atoms with E-state index in [2.05, 4.69) is 15.0 Å². The van der Waals surface area contributed by atoms with Crippen LogP contribution in [0.5, 0.6) is 0 Å². The summed E-state index contributed by atoms with van der Waals surface area (Å²) in [5, 5.41) is 0. The van der Waals surface area contributed by atoms with E-state index in [-0.39, 0.29) is 11.6 Å². The summed E-state index contributed by atoms with van der Waals surface area (Å²) >= 11 is 0. The van der Waals surface area contributed by atoms with Crippen LogP contribution in [0.1, 0.15) is 0 Å². The molecule has 6 nitrogen and oxygen atoms in total. The molecule has 0 bridgehead atoms. The number of fused-ring (bicyclic) bond motifs is 1. The summed E-state index contributed by atoms with van der Waals surface area (Å²) in [6.45, 7) is 0. The molecular formula is C11H9N5O. The minimum Gasteiger partial charge on any atom is -0.369 e. The third-order valence-corrected chi connectivity index (χ3v) is 2.45. The Morgan fingerprint density at radius 1 is 1.24 bits per heavy atom. The first-order valence-electron chi connectivity index (χ1n) is 5.04. The van der Waals surface area contributed by atoms with Gasteiger partial charge in [0.1, 0.15) is 5.52 Å². The molecule has 0 amide bonds. The Hall–Kier alpha value is -2.63. The number of nitrogens with two attached hydrogens (primary N) is 1. The fourth-order valence-corrected chi connectivity index (χ4v) is 1.73. The fraction of sp³-hybridized carbons (Fsp3) is 0. The van der Waals surface area contributed by atoms with Crippen molar-refractivity contribution < 1.29 is 0 Å². The molecule has 6 heteroatoms. The molecule has 17 heavy (non-hydrogen) atoms. The summed E-state index contributed by atoms with van der Waals surface area (Å²) in [5.74, 6) is 0.261. The van der Waals surface area contributed by atoms with E-state index in [1.165, 1.54) is 10.8 Å². The van der Waals surface area contributed by atoms with Gasteiger partial charge in [-0.2, -0.15) is 9.97 Å². The van der Waals surface area contributed by atoms with Gasteiger partial charge in [0.15, 0.2) is 11.6 Å². The largest absolute Gasteiger partial charge is 0.369 e. The van der Waals surface area contributed by atoms with E-state index in [1.807, 2.05) is 30.3 Å². The van der Waals surface area contributed by atoms with Crippen LogP contribution in [0, 0.1) is 0 Å². The van der Waals surface area contributed by atoms with Crippen molar-refractivity contribution >= 4 is 17.1 Å². The van der Waals surface area contributed by atoms with Gasteiger partial charge < -0.3 is 10.7 Å². The van der Waals surface area contributed by atoms with Crippen LogP contribution in [0.25, 0.3) is 16.9 Å². The SMILES string of the molecule is Nc1nc2c(cnc(=O)n2-c2ccccc2)[nH]1. The van der Waals surface area contributed by atoms with Gasteiger partial charge in [0.2, 0.25) is 0 Å². The van der Waals surface area contributed by atoms with E-state index in [0.29, 0.717) is 16.9 Å². The molecule has 0 fully saturated rings. The van der Waals surface area contributed by atoms with Gasteiger partial charge in [-0.1, -0.05) is 18.2 Å². The lowest BCUT2D eigenvalue weighted by molar-refractivity contribution is 0.947. The average molecular weight is 227 g/mol. The van der Waals surface area contributed by atoms with Crippen LogP contribution < -0.4 is 11.4 Å². The minimum atomic E-state index is -0.379. The molecule has 0 saturated carbocycles. The summed E-state index contributed by atoms with van der Waals surface area (Å²) in [6, 6.07) is 9.19. The number of hydrogen-bond acceptors (Lipinski definition) is 4. The summed E-state index contributed by atoms with van der Waals surface area (Å²) in [7, 11) is 0. The van der Waals surface area contributed by atoms with Crippen LogP contribution >= 0.6 is 0 Å². The van der Waals surface area contributed by atoms with Gasteiger partial charge in [0.05, 0.1) is 11.9 Å². The summed E-state index contributed by atoms with van der Waals surface area (Å²) < 4.78 is 1.42. The molecule has 3 rings (SSSR count). The number of imidazole rings is 1. The number of hydrogen-bond donors (Lipinski definition) is 2. The topological polar surface area (TPSA) is 89.6 Å². The number of aromatic amines is 1. The van der Waals surface area contributed by atoms with Gasteiger partial charge in [0, 0.05) is 0 Å². The number of nitrogen functional groups attached to an aromatic ring is 1. The maximum Gasteiger partial charge on any atom is 0.353 e. The summed E-state index contributed by atoms with van der Waals surface area (Å²) in [6.07, 6.45) is 1.43. The second-order valence-corrected chi connectivity index (χ2v) is 3.57. The quantitative estimate of drug-likeness (QED) is 0.640. The molecular weight excluding hydrogens is 218 g/mol. The van der Waals surface area contributed by atoms with Crippen molar-refractivity contribution in [2.75, 3.05) is 5.73 Å². The molecule has 0 aliphatic heterocycles. The number of anilines is 1. The van der Waals surface area contributed by atoms with Crippen molar-refractivity contribution in [1.29, 1.82) is 0 Å². The fourth-order valence-electron chi connectivity index (χ4n) is 1.73. The standard InChI is InChI=1S/C11H9N5O/c12-10-14-8-6-13-11(17)16(9(8)15-10)7-4-2-1-3-5-7/h1-6H,(H3,12,14,15). The van der Waals surface area contributed by atoms with Crippen molar-refractivity contribution in [3.63, 3.8) is 0 Å². The predicted octanol–water partition coefficient (Wildman–Crippen LogP) is 0.691. The molecule has 2 aromatic heterocycles. The van der Waals surface area contributed by atoms with Gasteiger partial charge in [0.25, 0.3) is 0 Å². The normalized spacial score (nSPS) is 10.8. The van der Waals surface area contributed by atoms with E-state index in [0.717, 1.165) is 0 Å². The maximum atomic E-state index is 11.8. The van der Waals surface area contributed by atoms with E-state index in [4.69, 9.17) is 5.73 Å². The lowest BCUT2D eigenvalue weighted by Gasteiger charge is -2.04. The Morgan fingerprint density at radius 3 is 2.76 bits per heavy atom. The maximum absolute atomic E-state index is 11.8. The number of nitrogens with zero attached hydrogens (tertiary/aromatic N) is 3. The van der Waals surface area contributed by atoms with Gasteiger partial charge in [-0.05, 0) is 12.1 Å². The lowest BCUT2D eigenvalue weighted by Crippen LogP contribution is -2.21. The number of benzene rings is 1. The van der Waals surface area contributed by atoms with Crippen LogP contribution in [0.15, 0.2) is 41.3 Å². The molecule has 3 N–H and O–H groups in total. The number of para-hydroxylation sites is 1. The van der Waals surface area contributed by atoms with Gasteiger partial charge in [-0.15, -0.1) is 0 Å². The third kappa shape index (κ3) is 1.46. The molecule has 0 radical (unpaired) electrons. The zero-order valence-electron chi connectivity index (χ0n) is 8.79. The monoisotopic (exact) mass is 227 g/mol. The van der Waals surface area contributed by atoms with Crippen LogP contribution in [-0.2, 0) is 0 Å². The molecule has 0 unspecified atom stereocenters. The molecule has 3 aromatic rings. The summed E-state index contributed by atoms with van der Waals surface area (Å²) in [4.78, 5) is 22.5. The van der Waals surface area contributed by atoms with Crippen LogP contribution in [-0.4, -0.2) is 19.5 Å². The highest BCUT2D eigenvalue weighted by atomic mass is 16.1. The number of rotatable bonds is 1. The smallest absolute Gasteiger partial charge is 0.353 e. The van der Waals surface area contributed by atoms with Crippen molar-refractivity contribution in [3.8, 4) is 5.69 Å². The number of nitrogens with one attached hydrogen (secondary N) is 1. The van der Waals surface area contributed by atoms with Crippen LogP contribution in [0.4, 0.5) is 5.95 Å². The van der Waals surface area contributed by atoms with Crippen molar-refractivity contribution in [2.24, 2.45) is 0 Å². The van der Waals surface area contributed by atoms with E-state index < -0.39 is 0 Å². The Bertz CT molecular complexity index is 728. The molecule has 0 saturated heterocycles.